The van der Waals surface area contributed by atoms with E-state index in [9.17, 15) is 4.79 Å². The molecule has 1 aliphatic carbocycles. The second-order valence-corrected chi connectivity index (χ2v) is 7.54. The van der Waals surface area contributed by atoms with Crippen molar-refractivity contribution in [3.05, 3.63) is 0 Å². The number of carbonyl (C=O) groups is 1. The predicted molar refractivity (Wildman–Crippen MR) is 82.3 cm³/mol. The van der Waals surface area contributed by atoms with E-state index in [1.807, 2.05) is 27.8 Å². The van der Waals surface area contributed by atoms with Crippen LogP contribution in [-0.2, 0) is 9.47 Å². The van der Waals surface area contributed by atoms with Gasteiger partial charge in [-0.25, -0.2) is 4.79 Å². The molecule has 5 heteroatoms. The van der Waals surface area contributed by atoms with Gasteiger partial charge in [0.2, 0.25) is 0 Å². The van der Waals surface area contributed by atoms with Crippen LogP contribution in [-0.4, -0.2) is 43.5 Å². The fourth-order valence-corrected chi connectivity index (χ4v) is 2.95. The van der Waals surface area contributed by atoms with Gasteiger partial charge in [-0.3, -0.25) is 0 Å². The number of likely N-dealkylation sites (N-methyl/N-ethyl adjacent to an activating group) is 1. The molecule has 21 heavy (non-hydrogen) atoms. The van der Waals surface area contributed by atoms with Crippen molar-refractivity contribution in [2.45, 2.75) is 70.1 Å². The molecule has 1 amide bonds. The molecule has 2 atom stereocenters. The number of amides is 1. The van der Waals surface area contributed by atoms with Crippen molar-refractivity contribution in [3.63, 3.8) is 0 Å². The van der Waals surface area contributed by atoms with Crippen LogP contribution in [0.4, 0.5) is 4.79 Å². The number of nitrogens with one attached hydrogen (secondary N) is 2. The molecule has 0 radical (unpaired) electrons. The Bertz CT molecular complexity index is 351. The van der Waals surface area contributed by atoms with E-state index in [4.69, 9.17) is 9.47 Å². The highest BCUT2D eigenvalue weighted by Crippen LogP contribution is 2.47. The lowest BCUT2D eigenvalue weighted by Gasteiger charge is -2.32. The third kappa shape index (κ3) is 5.47. The number of ether oxygens (including phenoxy) is 2. The molecule has 2 N–H and O–H groups in total. The minimum absolute atomic E-state index is 0.0895. The van der Waals surface area contributed by atoms with E-state index >= 15 is 0 Å². The van der Waals surface area contributed by atoms with Gasteiger partial charge >= 0.3 is 6.09 Å². The first-order chi connectivity index (χ1) is 9.82. The van der Waals surface area contributed by atoms with E-state index < -0.39 is 5.60 Å². The van der Waals surface area contributed by atoms with Crippen LogP contribution in [0.25, 0.3) is 0 Å². The van der Waals surface area contributed by atoms with Gasteiger partial charge in [0, 0.05) is 12.6 Å². The average Bonchev–Trinajstić information content (AvgIpc) is 3.10. The topological polar surface area (TPSA) is 59.6 Å². The van der Waals surface area contributed by atoms with E-state index in [0.29, 0.717) is 5.92 Å². The molecule has 1 spiro atoms. The van der Waals surface area contributed by atoms with Gasteiger partial charge in [-0.1, -0.05) is 0 Å². The zero-order valence-corrected chi connectivity index (χ0v) is 13.8. The minimum Gasteiger partial charge on any atom is -0.444 e. The molecule has 2 unspecified atom stereocenters. The lowest BCUT2D eigenvalue weighted by atomic mass is 9.91. The molecular formula is C16H30N2O3. The number of rotatable bonds is 5. The molecule has 0 aromatic rings. The number of hydrogen-bond donors (Lipinski definition) is 2. The maximum Gasteiger partial charge on any atom is 0.407 e. The smallest absolute Gasteiger partial charge is 0.407 e. The third-order valence-corrected chi connectivity index (χ3v) is 4.23. The fraction of sp³-hybridized carbons (Fsp3) is 0.938. The van der Waals surface area contributed by atoms with Gasteiger partial charge in [-0.05, 0) is 65.8 Å². The minimum atomic E-state index is -0.458. The zero-order chi connectivity index (χ0) is 15.5. The Morgan fingerprint density at radius 2 is 2.10 bits per heavy atom. The molecule has 2 rings (SSSR count). The lowest BCUT2D eigenvalue weighted by Crippen LogP contribution is -2.45. The van der Waals surface area contributed by atoms with Crippen LogP contribution < -0.4 is 10.6 Å². The molecule has 1 saturated heterocycles. The SMILES string of the molecule is CNCC(CC1CCC2(CC2)OC1)NC(=O)OC(C)(C)C. The molecule has 0 aromatic carbocycles. The van der Waals surface area contributed by atoms with Crippen LogP contribution in [0.3, 0.4) is 0 Å². The summed E-state index contributed by atoms with van der Waals surface area (Å²) < 4.78 is 11.3. The second-order valence-electron chi connectivity index (χ2n) is 7.54. The Kier molecular flexibility index (Phi) is 5.15. The first-order valence-corrected chi connectivity index (χ1v) is 8.10. The summed E-state index contributed by atoms with van der Waals surface area (Å²) in [5.74, 6) is 0.532. The summed E-state index contributed by atoms with van der Waals surface area (Å²) in [6.07, 6.45) is 5.45. The Hall–Kier alpha value is -0.810. The standard InChI is InChI=1S/C16H30N2O3/c1-15(2,3)21-14(19)18-13(10-17-4)9-12-5-6-16(7-8-16)20-11-12/h12-13,17H,5-11H2,1-4H3,(H,18,19). The Labute approximate surface area is 128 Å². The van der Waals surface area contributed by atoms with Crippen molar-refractivity contribution in [1.82, 2.24) is 10.6 Å². The van der Waals surface area contributed by atoms with Gasteiger partial charge in [0.15, 0.2) is 0 Å². The van der Waals surface area contributed by atoms with Gasteiger partial charge in [0.1, 0.15) is 5.60 Å². The maximum absolute atomic E-state index is 11.9. The van der Waals surface area contributed by atoms with Crippen molar-refractivity contribution in [1.29, 1.82) is 0 Å². The highest BCUT2D eigenvalue weighted by Gasteiger charge is 2.46. The van der Waals surface area contributed by atoms with Crippen LogP contribution in [0.15, 0.2) is 0 Å². The van der Waals surface area contributed by atoms with E-state index in [2.05, 4.69) is 10.6 Å². The van der Waals surface area contributed by atoms with Crippen LogP contribution in [0.5, 0.6) is 0 Å². The highest BCUT2D eigenvalue weighted by molar-refractivity contribution is 5.68. The summed E-state index contributed by atoms with van der Waals surface area (Å²) in [6, 6.07) is 0.0895. The monoisotopic (exact) mass is 298 g/mol. The van der Waals surface area contributed by atoms with Gasteiger partial charge in [0.25, 0.3) is 0 Å². The van der Waals surface area contributed by atoms with Crippen LogP contribution in [0, 0.1) is 5.92 Å². The zero-order valence-electron chi connectivity index (χ0n) is 13.8. The van der Waals surface area contributed by atoms with Crippen LogP contribution in [0.1, 0.15) is 52.9 Å². The van der Waals surface area contributed by atoms with E-state index in [1.54, 1.807) is 0 Å². The summed E-state index contributed by atoms with van der Waals surface area (Å²) in [5, 5.41) is 6.12. The predicted octanol–water partition coefficient (Wildman–Crippen LogP) is 2.45. The van der Waals surface area contributed by atoms with Gasteiger partial charge in [-0.15, -0.1) is 0 Å². The van der Waals surface area contributed by atoms with Gasteiger partial charge < -0.3 is 20.1 Å². The number of carbonyl (C=O) groups excluding carboxylic acids is 1. The summed E-state index contributed by atoms with van der Waals surface area (Å²) in [5.41, 5.74) is -0.214. The molecule has 122 valence electrons. The van der Waals surface area contributed by atoms with Crippen molar-refractivity contribution >= 4 is 6.09 Å². The summed E-state index contributed by atoms with van der Waals surface area (Å²) in [6.45, 7) is 7.22. The van der Waals surface area contributed by atoms with Crippen molar-refractivity contribution < 1.29 is 14.3 Å². The quantitative estimate of drug-likeness (QED) is 0.818. The largest absolute Gasteiger partial charge is 0.444 e. The molecule has 1 saturated carbocycles. The highest BCUT2D eigenvalue weighted by atomic mass is 16.6. The summed E-state index contributed by atoms with van der Waals surface area (Å²) in [4.78, 5) is 11.9. The average molecular weight is 298 g/mol. The van der Waals surface area contributed by atoms with E-state index in [-0.39, 0.29) is 17.7 Å². The Morgan fingerprint density at radius 3 is 2.57 bits per heavy atom. The first kappa shape index (κ1) is 16.6. The summed E-state index contributed by atoms with van der Waals surface area (Å²) >= 11 is 0. The molecule has 1 heterocycles. The molecule has 2 aliphatic rings. The van der Waals surface area contributed by atoms with Crippen molar-refractivity contribution in [3.8, 4) is 0 Å². The first-order valence-electron chi connectivity index (χ1n) is 8.10. The van der Waals surface area contributed by atoms with Crippen molar-refractivity contribution in [2.75, 3.05) is 20.2 Å². The normalized spacial score (nSPS) is 25.4. The molecule has 0 bridgehead atoms. The second kappa shape index (κ2) is 6.53. The Balaban J connectivity index is 1.77. The number of alkyl carbamates (subject to hydrolysis) is 1. The Morgan fingerprint density at radius 1 is 1.38 bits per heavy atom. The van der Waals surface area contributed by atoms with Crippen molar-refractivity contribution in [2.24, 2.45) is 5.92 Å². The maximum atomic E-state index is 11.9. The van der Waals surface area contributed by atoms with Crippen LogP contribution >= 0.6 is 0 Å². The summed E-state index contributed by atoms with van der Waals surface area (Å²) in [7, 11) is 1.90. The number of hydrogen-bond acceptors (Lipinski definition) is 4. The molecule has 0 aromatic heterocycles. The van der Waals surface area contributed by atoms with Crippen LogP contribution in [0.2, 0.25) is 0 Å². The molecular weight excluding hydrogens is 268 g/mol. The van der Waals surface area contributed by atoms with E-state index in [1.165, 1.54) is 25.7 Å². The van der Waals surface area contributed by atoms with Gasteiger partial charge in [-0.2, -0.15) is 0 Å². The van der Waals surface area contributed by atoms with E-state index in [0.717, 1.165) is 19.6 Å². The third-order valence-electron chi connectivity index (χ3n) is 4.23. The van der Waals surface area contributed by atoms with Gasteiger partial charge in [0.05, 0.1) is 12.2 Å². The lowest BCUT2D eigenvalue weighted by molar-refractivity contribution is -0.0383. The molecule has 1 aliphatic heterocycles. The molecule has 2 fully saturated rings. The molecule has 5 nitrogen and oxygen atoms in total. The fourth-order valence-electron chi connectivity index (χ4n) is 2.95.